The van der Waals surface area contributed by atoms with Crippen LogP contribution in [0.15, 0.2) is 59.8 Å². The molecule has 1 N–H and O–H groups in total. The summed E-state index contributed by atoms with van der Waals surface area (Å²) < 4.78 is 1.85. The highest BCUT2D eigenvalue weighted by Crippen LogP contribution is 2.07. The molecule has 5 heteroatoms. The van der Waals surface area contributed by atoms with Crippen molar-refractivity contribution in [3.05, 3.63) is 70.8 Å². The van der Waals surface area contributed by atoms with Crippen molar-refractivity contribution in [1.82, 2.24) is 20.1 Å². The molecule has 0 atom stereocenters. The van der Waals surface area contributed by atoms with Crippen LogP contribution in [-0.2, 0) is 13.1 Å². The summed E-state index contributed by atoms with van der Waals surface area (Å²) in [6.45, 7) is 2.25. The number of aromatic nitrogens is 3. The molecule has 0 unspecified atom stereocenters. The topological polar surface area (TPSA) is 59.8 Å². The van der Waals surface area contributed by atoms with Gasteiger partial charge in [0.05, 0.1) is 18.3 Å². The molecule has 3 aromatic rings. The summed E-state index contributed by atoms with van der Waals surface area (Å²) in [4.78, 5) is 15.8. The van der Waals surface area contributed by atoms with E-state index >= 15 is 0 Å². The van der Waals surface area contributed by atoms with Gasteiger partial charge in [-0.05, 0) is 23.8 Å². The van der Waals surface area contributed by atoms with Crippen LogP contribution in [0.3, 0.4) is 0 Å². The van der Waals surface area contributed by atoms with Crippen LogP contribution in [0.25, 0.3) is 10.9 Å². The van der Waals surface area contributed by atoms with Gasteiger partial charge in [0.1, 0.15) is 0 Å². The Hall–Kier alpha value is -2.53. The molecular formula is C16H16N4O. The monoisotopic (exact) mass is 280 g/mol. The van der Waals surface area contributed by atoms with Gasteiger partial charge in [0.2, 0.25) is 5.43 Å². The van der Waals surface area contributed by atoms with Crippen LogP contribution in [0.4, 0.5) is 0 Å². The smallest absolute Gasteiger partial charge is 0.207 e. The molecular weight excluding hydrogens is 264 g/mol. The van der Waals surface area contributed by atoms with Gasteiger partial charge in [-0.15, -0.1) is 0 Å². The lowest BCUT2D eigenvalue weighted by molar-refractivity contribution is 0.560. The molecule has 0 radical (unpaired) electrons. The predicted octanol–water partition coefficient (Wildman–Crippen LogP) is 1.58. The fraction of sp³-hybridized carbons (Fsp3) is 0.188. The van der Waals surface area contributed by atoms with Gasteiger partial charge in [0, 0.05) is 30.9 Å². The molecule has 1 aromatic carbocycles. The van der Waals surface area contributed by atoms with Crippen molar-refractivity contribution in [1.29, 1.82) is 0 Å². The number of para-hydroxylation sites is 1. The van der Waals surface area contributed by atoms with Crippen molar-refractivity contribution in [3.63, 3.8) is 0 Å². The Morgan fingerprint density at radius 3 is 2.86 bits per heavy atom. The van der Waals surface area contributed by atoms with Crippen molar-refractivity contribution >= 4 is 10.9 Å². The quantitative estimate of drug-likeness (QED) is 0.721. The second-order valence-electron chi connectivity index (χ2n) is 4.79. The average molecular weight is 280 g/mol. The molecule has 5 nitrogen and oxygen atoms in total. The number of fused-ring (bicyclic) bond motifs is 1. The standard InChI is InChI=1S/C16H16N4O/c21-16-12-19-20(15-6-2-1-5-14(15)16)9-8-18-11-13-4-3-7-17-10-13/h1-7,10,12,18H,8-9,11H2. The van der Waals surface area contributed by atoms with Crippen LogP contribution in [0, 0.1) is 0 Å². The molecule has 0 aliphatic heterocycles. The van der Waals surface area contributed by atoms with Gasteiger partial charge in [-0.25, -0.2) is 0 Å². The Labute approximate surface area is 122 Å². The van der Waals surface area contributed by atoms with E-state index in [4.69, 9.17) is 0 Å². The summed E-state index contributed by atoms with van der Waals surface area (Å²) in [5.41, 5.74) is 1.98. The van der Waals surface area contributed by atoms with Crippen molar-refractivity contribution in [2.45, 2.75) is 13.1 Å². The van der Waals surface area contributed by atoms with E-state index in [-0.39, 0.29) is 5.43 Å². The van der Waals surface area contributed by atoms with Crippen LogP contribution in [0.1, 0.15) is 5.56 Å². The minimum Gasteiger partial charge on any atom is -0.311 e. The lowest BCUT2D eigenvalue weighted by Gasteiger charge is -2.10. The number of nitrogens with zero attached hydrogens (tertiary/aromatic N) is 3. The fourth-order valence-electron chi connectivity index (χ4n) is 2.26. The van der Waals surface area contributed by atoms with Crippen LogP contribution in [0.5, 0.6) is 0 Å². The second-order valence-corrected chi connectivity index (χ2v) is 4.79. The highest BCUT2D eigenvalue weighted by atomic mass is 16.1. The van der Waals surface area contributed by atoms with Gasteiger partial charge < -0.3 is 5.32 Å². The minimum atomic E-state index is -0.0369. The highest BCUT2D eigenvalue weighted by molar-refractivity contribution is 5.77. The molecule has 0 bridgehead atoms. The third-order valence-electron chi connectivity index (χ3n) is 3.31. The SMILES string of the molecule is O=c1cnn(CCNCc2cccnc2)c2ccccc12. The molecule has 0 spiro atoms. The fourth-order valence-corrected chi connectivity index (χ4v) is 2.26. The molecule has 0 fully saturated rings. The molecule has 2 heterocycles. The van der Waals surface area contributed by atoms with Gasteiger partial charge >= 0.3 is 0 Å². The van der Waals surface area contributed by atoms with Gasteiger partial charge in [-0.3, -0.25) is 14.5 Å². The van der Waals surface area contributed by atoms with E-state index < -0.39 is 0 Å². The number of rotatable bonds is 5. The Bertz CT molecular complexity index is 783. The van der Waals surface area contributed by atoms with Gasteiger partial charge in [0.15, 0.2) is 0 Å². The molecule has 0 saturated heterocycles. The second kappa shape index (κ2) is 6.28. The molecule has 2 aromatic heterocycles. The number of nitrogens with one attached hydrogen (secondary N) is 1. The molecule has 3 rings (SSSR count). The first kappa shape index (κ1) is 13.5. The third-order valence-corrected chi connectivity index (χ3v) is 3.31. The number of pyridine rings is 1. The first-order valence-corrected chi connectivity index (χ1v) is 6.89. The Kier molecular flexibility index (Phi) is 4.02. The van der Waals surface area contributed by atoms with Crippen molar-refractivity contribution in [3.8, 4) is 0 Å². The lowest BCUT2D eigenvalue weighted by Crippen LogP contribution is -2.22. The number of hydrogen-bond donors (Lipinski definition) is 1. The van der Waals surface area contributed by atoms with E-state index in [1.165, 1.54) is 6.20 Å². The van der Waals surface area contributed by atoms with E-state index in [1.54, 1.807) is 6.20 Å². The number of benzene rings is 1. The lowest BCUT2D eigenvalue weighted by atomic mass is 10.2. The van der Waals surface area contributed by atoms with E-state index in [0.717, 1.165) is 24.2 Å². The summed E-state index contributed by atoms with van der Waals surface area (Å²) in [5.74, 6) is 0. The molecule has 0 aliphatic carbocycles. The van der Waals surface area contributed by atoms with Crippen LogP contribution < -0.4 is 10.7 Å². The van der Waals surface area contributed by atoms with Crippen molar-refractivity contribution < 1.29 is 0 Å². The van der Waals surface area contributed by atoms with E-state index in [0.29, 0.717) is 11.9 Å². The maximum absolute atomic E-state index is 11.7. The van der Waals surface area contributed by atoms with E-state index in [1.807, 2.05) is 47.3 Å². The van der Waals surface area contributed by atoms with E-state index in [2.05, 4.69) is 15.4 Å². The normalized spacial score (nSPS) is 10.9. The third kappa shape index (κ3) is 3.14. The summed E-state index contributed by atoms with van der Waals surface area (Å²) in [7, 11) is 0. The zero-order valence-electron chi connectivity index (χ0n) is 11.6. The molecule has 0 amide bonds. The minimum absolute atomic E-state index is 0.0369. The number of hydrogen-bond acceptors (Lipinski definition) is 4. The Balaban J connectivity index is 1.66. The first-order chi connectivity index (χ1) is 10.3. The molecule has 106 valence electrons. The van der Waals surface area contributed by atoms with Crippen LogP contribution >= 0.6 is 0 Å². The van der Waals surface area contributed by atoms with E-state index in [9.17, 15) is 4.79 Å². The van der Waals surface area contributed by atoms with Gasteiger partial charge in [0.25, 0.3) is 0 Å². The highest BCUT2D eigenvalue weighted by Gasteiger charge is 2.02. The molecule has 0 saturated carbocycles. The first-order valence-electron chi connectivity index (χ1n) is 6.89. The van der Waals surface area contributed by atoms with Crippen molar-refractivity contribution in [2.75, 3.05) is 6.54 Å². The van der Waals surface area contributed by atoms with Gasteiger partial charge in [-0.2, -0.15) is 5.10 Å². The zero-order chi connectivity index (χ0) is 14.5. The zero-order valence-corrected chi connectivity index (χ0v) is 11.6. The molecule has 21 heavy (non-hydrogen) atoms. The largest absolute Gasteiger partial charge is 0.311 e. The summed E-state index contributed by atoms with van der Waals surface area (Å²) in [6, 6.07) is 11.5. The van der Waals surface area contributed by atoms with Gasteiger partial charge in [-0.1, -0.05) is 18.2 Å². The summed E-state index contributed by atoms with van der Waals surface area (Å²) in [5, 5.41) is 8.26. The van der Waals surface area contributed by atoms with Crippen LogP contribution in [-0.4, -0.2) is 21.3 Å². The van der Waals surface area contributed by atoms with Crippen molar-refractivity contribution in [2.24, 2.45) is 0 Å². The molecule has 0 aliphatic rings. The maximum atomic E-state index is 11.7. The summed E-state index contributed by atoms with van der Waals surface area (Å²) >= 11 is 0. The van der Waals surface area contributed by atoms with Crippen LogP contribution in [0.2, 0.25) is 0 Å². The maximum Gasteiger partial charge on any atom is 0.207 e. The Morgan fingerprint density at radius 1 is 1.10 bits per heavy atom. The predicted molar refractivity (Wildman–Crippen MR) is 81.9 cm³/mol. The average Bonchev–Trinajstić information content (AvgIpc) is 2.55. The summed E-state index contributed by atoms with van der Waals surface area (Å²) in [6.07, 6.45) is 4.99. The Morgan fingerprint density at radius 2 is 2.00 bits per heavy atom.